The lowest BCUT2D eigenvalue weighted by Gasteiger charge is -2.04. The van der Waals surface area contributed by atoms with E-state index in [1.54, 1.807) is 11.8 Å². The predicted molar refractivity (Wildman–Crippen MR) is 121 cm³/mol. The molecule has 0 saturated carbocycles. The Labute approximate surface area is 182 Å². The third kappa shape index (κ3) is 6.35. The summed E-state index contributed by atoms with van der Waals surface area (Å²) in [5.41, 5.74) is 2.93. The van der Waals surface area contributed by atoms with Crippen molar-refractivity contribution in [1.82, 2.24) is 19.7 Å². The van der Waals surface area contributed by atoms with Gasteiger partial charge in [-0.1, -0.05) is 67.6 Å². The molecular weight excluding hydrogens is 400 g/mol. The first-order chi connectivity index (χ1) is 14.2. The molecule has 0 aliphatic carbocycles. The van der Waals surface area contributed by atoms with E-state index in [0.717, 1.165) is 45.9 Å². The lowest BCUT2D eigenvalue weighted by atomic mass is 10.1. The fourth-order valence-electron chi connectivity index (χ4n) is 2.81. The van der Waals surface area contributed by atoms with Crippen LogP contribution >= 0.6 is 23.4 Å². The Morgan fingerprint density at radius 2 is 1.86 bits per heavy atom. The Morgan fingerprint density at radius 3 is 2.59 bits per heavy atom. The molecule has 0 amide bonds. The summed E-state index contributed by atoms with van der Waals surface area (Å²) < 4.78 is 2.00. The number of halogens is 1. The molecule has 2 heterocycles. The SMILES string of the molecule is CCCCCCC#Cc1ccc(-c2nnc(SCc3ccc(Cl)cc3)n2C)cn1. The zero-order valence-electron chi connectivity index (χ0n) is 16.9. The molecule has 6 heteroatoms. The number of thioether (sulfide) groups is 1. The lowest BCUT2D eigenvalue weighted by Crippen LogP contribution is -1.96. The van der Waals surface area contributed by atoms with Gasteiger partial charge in [0.1, 0.15) is 5.69 Å². The van der Waals surface area contributed by atoms with Crippen molar-refractivity contribution in [2.75, 3.05) is 0 Å². The van der Waals surface area contributed by atoms with Crippen LogP contribution in [0.5, 0.6) is 0 Å². The van der Waals surface area contributed by atoms with Crippen LogP contribution in [0, 0.1) is 11.8 Å². The second-order valence-corrected chi connectivity index (χ2v) is 8.20. The van der Waals surface area contributed by atoms with E-state index in [2.05, 4.69) is 33.9 Å². The first-order valence-electron chi connectivity index (χ1n) is 9.89. The van der Waals surface area contributed by atoms with E-state index < -0.39 is 0 Å². The number of aromatic nitrogens is 4. The van der Waals surface area contributed by atoms with Crippen molar-refractivity contribution < 1.29 is 0 Å². The van der Waals surface area contributed by atoms with E-state index in [-0.39, 0.29) is 0 Å². The minimum Gasteiger partial charge on any atom is -0.305 e. The van der Waals surface area contributed by atoms with E-state index in [4.69, 9.17) is 11.6 Å². The molecule has 0 spiro atoms. The van der Waals surface area contributed by atoms with Crippen LogP contribution in [0.15, 0.2) is 47.8 Å². The van der Waals surface area contributed by atoms with Gasteiger partial charge in [0.15, 0.2) is 11.0 Å². The van der Waals surface area contributed by atoms with Gasteiger partial charge in [0, 0.05) is 36.0 Å². The summed E-state index contributed by atoms with van der Waals surface area (Å²) >= 11 is 7.59. The van der Waals surface area contributed by atoms with Gasteiger partial charge in [-0.15, -0.1) is 10.2 Å². The number of nitrogens with zero attached hydrogens (tertiary/aromatic N) is 4. The van der Waals surface area contributed by atoms with Crippen LogP contribution in [0.1, 0.15) is 50.3 Å². The summed E-state index contributed by atoms with van der Waals surface area (Å²) in [6.45, 7) is 2.22. The highest BCUT2D eigenvalue weighted by atomic mass is 35.5. The highest BCUT2D eigenvalue weighted by Crippen LogP contribution is 2.25. The van der Waals surface area contributed by atoms with Crippen LogP contribution < -0.4 is 0 Å². The number of rotatable bonds is 8. The Bertz CT molecular complexity index is 969. The maximum absolute atomic E-state index is 5.94. The minimum absolute atomic E-state index is 0.747. The Morgan fingerprint density at radius 1 is 1.03 bits per heavy atom. The van der Waals surface area contributed by atoms with Crippen molar-refractivity contribution >= 4 is 23.4 Å². The zero-order valence-corrected chi connectivity index (χ0v) is 18.4. The third-order valence-corrected chi connectivity index (χ3v) is 5.85. The molecule has 0 unspecified atom stereocenters. The molecule has 29 heavy (non-hydrogen) atoms. The topological polar surface area (TPSA) is 43.6 Å². The fraction of sp³-hybridized carbons (Fsp3) is 0.348. The molecule has 0 N–H and O–H groups in total. The average molecular weight is 425 g/mol. The first kappa shape index (κ1) is 21.4. The highest BCUT2D eigenvalue weighted by molar-refractivity contribution is 7.98. The van der Waals surface area contributed by atoms with Gasteiger partial charge in [0.25, 0.3) is 0 Å². The lowest BCUT2D eigenvalue weighted by molar-refractivity contribution is 0.679. The molecule has 0 aliphatic rings. The quantitative estimate of drug-likeness (QED) is 0.247. The fourth-order valence-corrected chi connectivity index (χ4v) is 3.81. The van der Waals surface area contributed by atoms with E-state index in [9.17, 15) is 0 Å². The standard InChI is InChI=1S/C23H25ClN4S/c1-3-4-5-6-7-8-9-21-15-12-19(16-25-21)22-26-27-23(28(22)2)29-17-18-10-13-20(24)14-11-18/h10-16H,3-7,17H2,1-2H3. The molecule has 0 saturated heterocycles. The molecule has 0 bridgehead atoms. The van der Waals surface area contributed by atoms with Gasteiger partial charge in [0.2, 0.25) is 0 Å². The van der Waals surface area contributed by atoms with Gasteiger partial charge < -0.3 is 4.57 Å². The molecule has 3 rings (SSSR count). The van der Waals surface area contributed by atoms with Gasteiger partial charge >= 0.3 is 0 Å². The largest absolute Gasteiger partial charge is 0.305 e. The normalized spacial score (nSPS) is 10.6. The number of hydrogen-bond donors (Lipinski definition) is 0. The van der Waals surface area contributed by atoms with Gasteiger partial charge in [-0.25, -0.2) is 4.98 Å². The summed E-state index contributed by atoms with van der Waals surface area (Å²) in [6.07, 6.45) is 7.70. The van der Waals surface area contributed by atoms with Crippen LogP contribution in [-0.4, -0.2) is 19.7 Å². The third-order valence-electron chi connectivity index (χ3n) is 4.51. The molecule has 1 aromatic carbocycles. The number of unbranched alkanes of at least 4 members (excludes halogenated alkanes) is 4. The van der Waals surface area contributed by atoms with Gasteiger partial charge in [-0.3, -0.25) is 0 Å². The Kier molecular flexibility index (Phi) is 8.15. The monoisotopic (exact) mass is 424 g/mol. The van der Waals surface area contributed by atoms with Crippen molar-refractivity contribution in [3.8, 4) is 23.2 Å². The molecule has 4 nitrogen and oxygen atoms in total. The second-order valence-electron chi connectivity index (χ2n) is 6.82. The van der Waals surface area contributed by atoms with Crippen LogP contribution in [0.2, 0.25) is 5.02 Å². The zero-order chi connectivity index (χ0) is 20.5. The molecule has 0 aliphatic heterocycles. The average Bonchev–Trinajstić information content (AvgIpc) is 3.11. The molecule has 150 valence electrons. The van der Waals surface area contributed by atoms with Crippen molar-refractivity contribution in [2.45, 2.75) is 49.9 Å². The number of hydrogen-bond acceptors (Lipinski definition) is 4. The van der Waals surface area contributed by atoms with Crippen LogP contribution in [0.25, 0.3) is 11.4 Å². The number of benzene rings is 1. The summed E-state index contributed by atoms with van der Waals surface area (Å²) in [6, 6.07) is 11.8. The van der Waals surface area contributed by atoms with Crippen LogP contribution in [0.3, 0.4) is 0 Å². The van der Waals surface area contributed by atoms with E-state index in [1.165, 1.54) is 24.8 Å². The first-order valence-corrected chi connectivity index (χ1v) is 11.3. The smallest absolute Gasteiger partial charge is 0.191 e. The van der Waals surface area contributed by atoms with Gasteiger partial charge in [-0.05, 0) is 42.2 Å². The predicted octanol–water partition coefficient (Wildman–Crippen LogP) is 6.14. The van der Waals surface area contributed by atoms with Crippen molar-refractivity contribution in [3.63, 3.8) is 0 Å². The second kappa shape index (κ2) is 11.0. The Balaban J connectivity index is 1.59. The van der Waals surface area contributed by atoms with Crippen molar-refractivity contribution in [1.29, 1.82) is 0 Å². The summed E-state index contributed by atoms with van der Waals surface area (Å²) in [5.74, 6) is 7.97. The van der Waals surface area contributed by atoms with Gasteiger partial charge in [0.05, 0.1) is 0 Å². The van der Waals surface area contributed by atoms with Crippen LogP contribution in [0.4, 0.5) is 0 Å². The van der Waals surface area contributed by atoms with Crippen LogP contribution in [-0.2, 0) is 12.8 Å². The maximum Gasteiger partial charge on any atom is 0.191 e. The molecule has 2 aromatic heterocycles. The summed E-state index contributed by atoms with van der Waals surface area (Å²) in [7, 11) is 1.98. The van der Waals surface area contributed by atoms with Crippen molar-refractivity contribution in [3.05, 3.63) is 58.9 Å². The molecular formula is C23H25ClN4S. The molecule has 0 radical (unpaired) electrons. The number of pyridine rings is 1. The maximum atomic E-state index is 5.94. The highest BCUT2D eigenvalue weighted by Gasteiger charge is 2.11. The van der Waals surface area contributed by atoms with Crippen molar-refractivity contribution in [2.24, 2.45) is 7.05 Å². The molecule has 3 aromatic rings. The minimum atomic E-state index is 0.747. The van der Waals surface area contributed by atoms with E-state index >= 15 is 0 Å². The summed E-state index contributed by atoms with van der Waals surface area (Å²) in [5, 5.41) is 10.3. The van der Waals surface area contributed by atoms with E-state index in [1.807, 2.05) is 54.2 Å². The molecule has 0 fully saturated rings. The molecule has 0 atom stereocenters. The summed E-state index contributed by atoms with van der Waals surface area (Å²) in [4.78, 5) is 4.47. The van der Waals surface area contributed by atoms with E-state index in [0.29, 0.717) is 0 Å². The Hall–Kier alpha value is -2.29. The van der Waals surface area contributed by atoms with Gasteiger partial charge in [-0.2, -0.15) is 0 Å².